The number of ether oxygens (including phenoxy) is 2. The Morgan fingerprint density at radius 2 is 1.90 bits per heavy atom. The molecule has 0 saturated heterocycles. The van der Waals surface area contributed by atoms with E-state index in [1.54, 1.807) is 14.2 Å². The predicted octanol–water partition coefficient (Wildman–Crippen LogP) is 2.77. The van der Waals surface area contributed by atoms with Crippen LogP contribution in [0.25, 0.3) is 0 Å². The summed E-state index contributed by atoms with van der Waals surface area (Å²) in [5.41, 5.74) is 3.28. The Labute approximate surface area is 125 Å². The van der Waals surface area contributed by atoms with E-state index in [0.717, 1.165) is 30.3 Å². The quantitative estimate of drug-likeness (QED) is 0.812. The topological polar surface area (TPSA) is 48.3 Å². The predicted molar refractivity (Wildman–Crippen MR) is 84.1 cm³/mol. The summed E-state index contributed by atoms with van der Waals surface area (Å²) in [6.45, 7) is 4.14. The van der Waals surface area contributed by atoms with Crippen LogP contribution in [0.15, 0.2) is 30.5 Å². The summed E-state index contributed by atoms with van der Waals surface area (Å²) in [6, 6.07) is 8.24. The molecule has 0 spiro atoms. The van der Waals surface area contributed by atoms with Crippen molar-refractivity contribution in [2.45, 2.75) is 19.9 Å². The van der Waals surface area contributed by atoms with Crippen LogP contribution in [0.2, 0.25) is 0 Å². The van der Waals surface area contributed by atoms with Crippen LogP contribution in [0.5, 0.6) is 0 Å². The highest BCUT2D eigenvalue weighted by Crippen LogP contribution is 2.21. The molecule has 0 radical (unpaired) electrons. The van der Waals surface area contributed by atoms with Gasteiger partial charge in [0, 0.05) is 32.6 Å². The summed E-state index contributed by atoms with van der Waals surface area (Å²) in [7, 11) is 3.42. The zero-order chi connectivity index (χ0) is 15.1. The van der Waals surface area contributed by atoms with Gasteiger partial charge in [-0.25, -0.2) is 4.98 Å². The summed E-state index contributed by atoms with van der Waals surface area (Å²) in [5, 5.41) is 3.42. The molecule has 5 heteroatoms. The molecule has 5 nitrogen and oxygen atoms in total. The largest absolute Gasteiger partial charge is 0.384 e. The Balaban J connectivity index is 2.17. The number of aromatic nitrogens is 2. The van der Waals surface area contributed by atoms with E-state index in [2.05, 4.69) is 27.0 Å². The van der Waals surface area contributed by atoms with Crippen LogP contribution < -0.4 is 5.32 Å². The first kappa shape index (κ1) is 15.5. The van der Waals surface area contributed by atoms with Gasteiger partial charge in [0.2, 0.25) is 5.95 Å². The van der Waals surface area contributed by atoms with Gasteiger partial charge in [0.25, 0.3) is 0 Å². The SMILES string of the molecule is COCCc1ccccc1Nc1nc(C)cn1CCOC. The molecule has 0 saturated carbocycles. The maximum atomic E-state index is 5.17. The highest BCUT2D eigenvalue weighted by molar-refractivity contribution is 5.59. The molecule has 1 N–H and O–H groups in total. The van der Waals surface area contributed by atoms with Crippen molar-refractivity contribution in [3.05, 3.63) is 41.7 Å². The number of rotatable bonds is 8. The molecule has 21 heavy (non-hydrogen) atoms. The Morgan fingerprint density at radius 1 is 1.14 bits per heavy atom. The van der Waals surface area contributed by atoms with Gasteiger partial charge >= 0.3 is 0 Å². The number of imidazole rings is 1. The van der Waals surface area contributed by atoms with E-state index in [0.29, 0.717) is 13.2 Å². The molecule has 1 aromatic heterocycles. The fourth-order valence-electron chi connectivity index (χ4n) is 2.20. The van der Waals surface area contributed by atoms with E-state index in [-0.39, 0.29) is 0 Å². The van der Waals surface area contributed by atoms with E-state index in [4.69, 9.17) is 9.47 Å². The van der Waals surface area contributed by atoms with E-state index in [9.17, 15) is 0 Å². The zero-order valence-corrected chi connectivity index (χ0v) is 12.9. The van der Waals surface area contributed by atoms with Crippen LogP contribution >= 0.6 is 0 Å². The average Bonchev–Trinajstić information content (AvgIpc) is 2.84. The van der Waals surface area contributed by atoms with Gasteiger partial charge in [0.05, 0.1) is 18.9 Å². The Bertz CT molecular complexity index is 566. The molecule has 0 aliphatic heterocycles. The van der Waals surface area contributed by atoms with Crippen LogP contribution in [0.1, 0.15) is 11.3 Å². The van der Waals surface area contributed by atoms with Gasteiger partial charge in [-0.3, -0.25) is 0 Å². The third-order valence-electron chi connectivity index (χ3n) is 3.27. The Morgan fingerprint density at radius 3 is 2.67 bits per heavy atom. The smallest absolute Gasteiger partial charge is 0.207 e. The van der Waals surface area contributed by atoms with Gasteiger partial charge < -0.3 is 19.4 Å². The van der Waals surface area contributed by atoms with Crippen molar-refractivity contribution >= 4 is 11.6 Å². The van der Waals surface area contributed by atoms with Crippen molar-refractivity contribution in [3.63, 3.8) is 0 Å². The van der Waals surface area contributed by atoms with Gasteiger partial charge in [-0.15, -0.1) is 0 Å². The lowest BCUT2D eigenvalue weighted by atomic mass is 10.1. The monoisotopic (exact) mass is 289 g/mol. The van der Waals surface area contributed by atoms with Crippen molar-refractivity contribution in [1.82, 2.24) is 9.55 Å². The number of aryl methyl sites for hydroxylation is 1. The first-order valence-corrected chi connectivity index (χ1v) is 7.11. The summed E-state index contributed by atoms with van der Waals surface area (Å²) in [5.74, 6) is 0.842. The molecule has 0 atom stereocenters. The van der Waals surface area contributed by atoms with Crippen LogP contribution in [0, 0.1) is 6.92 Å². The summed E-state index contributed by atoms with van der Waals surface area (Å²) >= 11 is 0. The number of benzene rings is 1. The summed E-state index contributed by atoms with van der Waals surface area (Å²) in [4.78, 5) is 4.55. The maximum absolute atomic E-state index is 5.17. The minimum absolute atomic E-state index is 0.663. The normalized spacial score (nSPS) is 10.8. The second-order valence-electron chi connectivity index (χ2n) is 4.92. The van der Waals surface area contributed by atoms with Crippen molar-refractivity contribution in [2.75, 3.05) is 32.8 Å². The van der Waals surface area contributed by atoms with Gasteiger partial charge in [-0.1, -0.05) is 18.2 Å². The molecule has 1 heterocycles. The molecular formula is C16H23N3O2. The molecule has 2 rings (SSSR count). The van der Waals surface area contributed by atoms with Gasteiger partial charge in [0.15, 0.2) is 0 Å². The van der Waals surface area contributed by atoms with E-state index < -0.39 is 0 Å². The molecule has 1 aromatic carbocycles. The standard InChI is InChI=1S/C16H23N3O2/c1-13-12-19(9-11-21-3)16(17-13)18-15-7-5-4-6-14(15)8-10-20-2/h4-7,12H,8-11H2,1-3H3,(H,17,18). The van der Waals surface area contributed by atoms with E-state index in [1.165, 1.54) is 5.56 Å². The number of nitrogens with one attached hydrogen (secondary N) is 1. The van der Waals surface area contributed by atoms with Crippen LogP contribution in [0.3, 0.4) is 0 Å². The number of para-hydroxylation sites is 1. The third-order valence-corrected chi connectivity index (χ3v) is 3.27. The van der Waals surface area contributed by atoms with Crippen LogP contribution in [-0.4, -0.2) is 37.0 Å². The lowest BCUT2D eigenvalue weighted by molar-refractivity contribution is 0.188. The number of methoxy groups -OCH3 is 2. The molecule has 0 unspecified atom stereocenters. The van der Waals surface area contributed by atoms with E-state index in [1.807, 2.05) is 25.3 Å². The molecular weight excluding hydrogens is 266 g/mol. The lowest BCUT2D eigenvalue weighted by Crippen LogP contribution is -2.08. The van der Waals surface area contributed by atoms with Gasteiger partial charge in [-0.2, -0.15) is 0 Å². The van der Waals surface area contributed by atoms with Crippen molar-refractivity contribution < 1.29 is 9.47 Å². The Hall–Kier alpha value is -1.85. The minimum Gasteiger partial charge on any atom is -0.384 e. The summed E-state index contributed by atoms with van der Waals surface area (Å²) in [6.07, 6.45) is 2.90. The second kappa shape index (κ2) is 7.81. The highest BCUT2D eigenvalue weighted by Gasteiger charge is 2.08. The average molecular weight is 289 g/mol. The first-order chi connectivity index (χ1) is 10.2. The van der Waals surface area contributed by atoms with Crippen molar-refractivity contribution in [3.8, 4) is 0 Å². The molecule has 0 fully saturated rings. The lowest BCUT2D eigenvalue weighted by Gasteiger charge is -2.13. The molecule has 2 aromatic rings. The molecule has 0 amide bonds. The van der Waals surface area contributed by atoms with Gasteiger partial charge in [0.1, 0.15) is 0 Å². The fourth-order valence-corrected chi connectivity index (χ4v) is 2.20. The number of hydrogen-bond donors (Lipinski definition) is 1. The van der Waals surface area contributed by atoms with Crippen LogP contribution in [-0.2, 0) is 22.4 Å². The van der Waals surface area contributed by atoms with Crippen LogP contribution in [0.4, 0.5) is 11.6 Å². The molecule has 114 valence electrons. The van der Waals surface area contributed by atoms with Crippen molar-refractivity contribution in [1.29, 1.82) is 0 Å². The molecule has 0 aliphatic rings. The number of hydrogen-bond acceptors (Lipinski definition) is 4. The second-order valence-corrected chi connectivity index (χ2v) is 4.92. The fraction of sp³-hybridized carbons (Fsp3) is 0.438. The maximum Gasteiger partial charge on any atom is 0.207 e. The van der Waals surface area contributed by atoms with Crippen molar-refractivity contribution in [2.24, 2.45) is 0 Å². The van der Waals surface area contributed by atoms with Gasteiger partial charge in [-0.05, 0) is 25.0 Å². The highest BCUT2D eigenvalue weighted by atomic mass is 16.5. The summed E-state index contributed by atoms with van der Waals surface area (Å²) < 4.78 is 12.4. The molecule has 0 aliphatic carbocycles. The first-order valence-electron chi connectivity index (χ1n) is 7.11. The minimum atomic E-state index is 0.663. The number of nitrogens with zero attached hydrogens (tertiary/aromatic N) is 2. The number of anilines is 2. The zero-order valence-electron chi connectivity index (χ0n) is 12.9. The third kappa shape index (κ3) is 4.31. The Kier molecular flexibility index (Phi) is 5.78. The molecule has 0 bridgehead atoms. The van der Waals surface area contributed by atoms with E-state index >= 15 is 0 Å².